The summed E-state index contributed by atoms with van der Waals surface area (Å²) in [4.78, 5) is 13.8. The third-order valence-corrected chi connectivity index (χ3v) is 2.43. The van der Waals surface area contributed by atoms with Gasteiger partial charge in [0.1, 0.15) is 5.60 Å². The molecule has 0 saturated carbocycles. The van der Waals surface area contributed by atoms with E-state index in [1.165, 1.54) is 0 Å². The van der Waals surface area contributed by atoms with Crippen molar-refractivity contribution in [2.24, 2.45) is 0 Å². The van der Waals surface area contributed by atoms with E-state index in [0.717, 1.165) is 5.69 Å². The highest BCUT2D eigenvalue weighted by atomic mass is 16.6. The number of ether oxygens (including phenoxy) is 1. The Morgan fingerprint density at radius 1 is 1.15 bits per heavy atom. The topological polar surface area (TPSA) is 29.5 Å². The predicted molar refractivity (Wildman–Crippen MR) is 81.5 cm³/mol. The molecule has 0 amide bonds. The van der Waals surface area contributed by atoms with Crippen molar-refractivity contribution in [3.05, 3.63) is 29.8 Å². The van der Waals surface area contributed by atoms with Crippen molar-refractivity contribution in [1.29, 1.82) is 0 Å². The molecule has 0 bridgehead atoms. The Bertz CT molecular complexity index is 522. The molecule has 1 aromatic rings. The molecule has 0 N–H and O–H groups in total. The van der Waals surface area contributed by atoms with Gasteiger partial charge in [-0.15, -0.1) is 12.8 Å². The first-order valence-electron chi connectivity index (χ1n) is 6.32. The van der Waals surface area contributed by atoms with Gasteiger partial charge < -0.3 is 9.64 Å². The van der Waals surface area contributed by atoms with Crippen molar-refractivity contribution in [2.75, 3.05) is 18.0 Å². The SMILES string of the molecule is C#CCN(CC#C)c1ccc(C(=O)OC(C)(C)C)cc1. The number of nitrogens with zero attached hydrogens (tertiary/aromatic N) is 1. The fourth-order valence-corrected chi connectivity index (χ4v) is 1.60. The summed E-state index contributed by atoms with van der Waals surface area (Å²) in [6, 6.07) is 7.05. The van der Waals surface area contributed by atoms with Gasteiger partial charge in [0.15, 0.2) is 0 Å². The molecule has 3 heteroatoms. The number of benzene rings is 1. The Morgan fingerprint density at radius 2 is 1.65 bits per heavy atom. The maximum atomic E-state index is 11.9. The van der Waals surface area contributed by atoms with Crippen LogP contribution in [0.4, 0.5) is 5.69 Å². The van der Waals surface area contributed by atoms with Gasteiger partial charge in [0.05, 0.1) is 18.7 Å². The van der Waals surface area contributed by atoms with Crippen molar-refractivity contribution in [3.63, 3.8) is 0 Å². The Morgan fingerprint density at radius 3 is 2.05 bits per heavy atom. The monoisotopic (exact) mass is 269 g/mol. The fourth-order valence-electron chi connectivity index (χ4n) is 1.60. The number of esters is 1. The number of carbonyl (C=O) groups is 1. The molecule has 0 unspecified atom stereocenters. The lowest BCUT2D eigenvalue weighted by Gasteiger charge is -2.21. The summed E-state index contributed by atoms with van der Waals surface area (Å²) in [6.45, 7) is 6.36. The molecule has 1 aromatic carbocycles. The van der Waals surface area contributed by atoms with Crippen LogP contribution in [0, 0.1) is 24.7 Å². The summed E-state index contributed by atoms with van der Waals surface area (Å²) in [5, 5.41) is 0. The summed E-state index contributed by atoms with van der Waals surface area (Å²) in [6.07, 6.45) is 10.6. The first-order chi connectivity index (χ1) is 9.37. The molecule has 0 fully saturated rings. The first-order valence-corrected chi connectivity index (χ1v) is 6.32. The summed E-state index contributed by atoms with van der Waals surface area (Å²) in [5.41, 5.74) is 0.882. The normalized spacial score (nSPS) is 10.2. The summed E-state index contributed by atoms with van der Waals surface area (Å²) < 4.78 is 5.30. The van der Waals surface area contributed by atoms with Gasteiger partial charge in [-0.1, -0.05) is 11.8 Å². The van der Waals surface area contributed by atoms with E-state index >= 15 is 0 Å². The van der Waals surface area contributed by atoms with E-state index in [0.29, 0.717) is 18.7 Å². The van der Waals surface area contributed by atoms with Crippen LogP contribution in [0.1, 0.15) is 31.1 Å². The molecular weight excluding hydrogens is 250 g/mol. The van der Waals surface area contributed by atoms with E-state index < -0.39 is 5.60 Å². The van der Waals surface area contributed by atoms with Crippen LogP contribution in [0.15, 0.2) is 24.3 Å². The summed E-state index contributed by atoms with van der Waals surface area (Å²) in [7, 11) is 0. The quantitative estimate of drug-likeness (QED) is 0.622. The van der Waals surface area contributed by atoms with Crippen LogP contribution in [0.2, 0.25) is 0 Å². The average Bonchev–Trinajstić information content (AvgIpc) is 2.37. The van der Waals surface area contributed by atoms with Crippen LogP contribution >= 0.6 is 0 Å². The molecule has 0 radical (unpaired) electrons. The van der Waals surface area contributed by atoms with E-state index in [1.807, 2.05) is 37.8 Å². The zero-order valence-corrected chi connectivity index (χ0v) is 12.1. The second kappa shape index (κ2) is 6.68. The highest BCUT2D eigenvalue weighted by Gasteiger charge is 2.17. The number of rotatable bonds is 4. The Balaban J connectivity index is 2.85. The number of terminal acetylenes is 2. The molecule has 0 heterocycles. The Labute approximate surface area is 120 Å². The third-order valence-electron chi connectivity index (χ3n) is 2.43. The lowest BCUT2D eigenvalue weighted by molar-refractivity contribution is 0.00696. The summed E-state index contributed by atoms with van der Waals surface area (Å²) >= 11 is 0. The molecule has 3 nitrogen and oxygen atoms in total. The van der Waals surface area contributed by atoms with Gasteiger partial charge >= 0.3 is 5.97 Å². The lowest BCUT2D eigenvalue weighted by Crippen LogP contribution is -2.25. The van der Waals surface area contributed by atoms with E-state index in [4.69, 9.17) is 17.6 Å². The minimum atomic E-state index is -0.505. The van der Waals surface area contributed by atoms with Gasteiger partial charge in [0, 0.05) is 5.69 Å². The fraction of sp³-hybridized carbons (Fsp3) is 0.353. The van der Waals surface area contributed by atoms with Crippen LogP contribution in [-0.2, 0) is 4.74 Å². The second-order valence-corrected chi connectivity index (χ2v) is 5.31. The van der Waals surface area contributed by atoms with Gasteiger partial charge in [0.2, 0.25) is 0 Å². The molecule has 104 valence electrons. The van der Waals surface area contributed by atoms with Crippen molar-refractivity contribution in [1.82, 2.24) is 0 Å². The molecule has 0 atom stereocenters. The molecular formula is C17H19NO2. The van der Waals surface area contributed by atoms with Gasteiger partial charge in [-0.3, -0.25) is 0 Å². The van der Waals surface area contributed by atoms with Gasteiger partial charge in [-0.05, 0) is 45.0 Å². The maximum absolute atomic E-state index is 11.9. The second-order valence-electron chi connectivity index (χ2n) is 5.31. The van der Waals surface area contributed by atoms with Crippen molar-refractivity contribution >= 4 is 11.7 Å². The van der Waals surface area contributed by atoms with E-state index in [-0.39, 0.29) is 5.97 Å². The van der Waals surface area contributed by atoms with Crippen molar-refractivity contribution in [3.8, 4) is 24.7 Å². The molecule has 1 rings (SSSR count). The van der Waals surface area contributed by atoms with Crippen molar-refractivity contribution in [2.45, 2.75) is 26.4 Å². The van der Waals surface area contributed by atoms with Crippen LogP contribution in [-0.4, -0.2) is 24.7 Å². The van der Waals surface area contributed by atoms with Gasteiger partial charge in [-0.25, -0.2) is 4.79 Å². The van der Waals surface area contributed by atoms with Crippen LogP contribution in [0.25, 0.3) is 0 Å². The number of anilines is 1. The number of hydrogen-bond donors (Lipinski definition) is 0. The van der Waals surface area contributed by atoms with E-state index in [9.17, 15) is 4.79 Å². The predicted octanol–water partition coefficient (Wildman–Crippen LogP) is 2.71. The largest absolute Gasteiger partial charge is 0.456 e. The minimum Gasteiger partial charge on any atom is -0.456 e. The van der Waals surface area contributed by atoms with E-state index in [2.05, 4.69) is 11.8 Å². The Hall–Kier alpha value is -2.39. The van der Waals surface area contributed by atoms with E-state index in [1.54, 1.807) is 12.1 Å². The van der Waals surface area contributed by atoms with Crippen LogP contribution in [0.5, 0.6) is 0 Å². The summed E-state index contributed by atoms with van der Waals surface area (Å²) in [5.74, 6) is 4.77. The third kappa shape index (κ3) is 4.71. The Kier molecular flexibility index (Phi) is 5.23. The smallest absolute Gasteiger partial charge is 0.338 e. The molecule has 0 spiro atoms. The molecule has 0 aliphatic rings. The zero-order chi connectivity index (χ0) is 15.2. The van der Waals surface area contributed by atoms with Crippen LogP contribution in [0.3, 0.4) is 0 Å². The van der Waals surface area contributed by atoms with Gasteiger partial charge in [-0.2, -0.15) is 0 Å². The zero-order valence-electron chi connectivity index (χ0n) is 12.1. The highest BCUT2D eigenvalue weighted by molar-refractivity contribution is 5.90. The molecule has 0 aromatic heterocycles. The minimum absolute atomic E-state index is 0.343. The molecule has 0 saturated heterocycles. The lowest BCUT2D eigenvalue weighted by atomic mass is 10.1. The number of hydrogen-bond acceptors (Lipinski definition) is 3. The van der Waals surface area contributed by atoms with Crippen LogP contribution < -0.4 is 4.90 Å². The number of carbonyl (C=O) groups excluding carboxylic acids is 1. The maximum Gasteiger partial charge on any atom is 0.338 e. The van der Waals surface area contributed by atoms with Crippen molar-refractivity contribution < 1.29 is 9.53 Å². The van der Waals surface area contributed by atoms with Gasteiger partial charge in [0.25, 0.3) is 0 Å². The molecule has 20 heavy (non-hydrogen) atoms. The first kappa shape index (κ1) is 15.7. The standard InChI is InChI=1S/C17H19NO2/c1-6-12-18(13-7-2)15-10-8-14(9-11-15)16(19)20-17(3,4)5/h1-2,8-11H,12-13H2,3-5H3. The average molecular weight is 269 g/mol. The highest BCUT2D eigenvalue weighted by Crippen LogP contribution is 2.17. The molecule has 0 aliphatic heterocycles. The molecule has 0 aliphatic carbocycles.